The van der Waals surface area contributed by atoms with E-state index in [1.165, 1.54) is 12.1 Å². The van der Waals surface area contributed by atoms with Gasteiger partial charge in [0.1, 0.15) is 0 Å². The number of anilines is 1. The van der Waals surface area contributed by atoms with Crippen LogP contribution >= 0.6 is 0 Å². The van der Waals surface area contributed by atoms with E-state index in [2.05, 4.69) is 5.32 Å². The Morgan fingerprint density at radius 2 is 1.89 bits per heavy atom. The summed E-state index contributed by atoms with van der Waals surface area (Å²) in [6.07, 6.45) is 0. The van der Waals surface area contributed by atoms with Crippen LogP contribution in [0.4, 0.5) is 10.1 Å². The summed E-state index contributed by atoms with van der Waals surface area (Å²) in [6, 6.07) is 11.9. The second-order valence-electron chi connectivity index (χ2n) is 3.78. The molecule has 0 fully saturated rings. The number of benzene rings is 2. The molecule has 2 N–H and O–H groups in total. The van der Waals surface area contributed by atoms with Gasteiger partial charge in [-0.05, 0) is 36.4 Å². The van der Waals surface area contributed by atoms with Gasteiger partial charge in [0.25, 0.3) is 5.91 Å². The number of para-hydroxylation sites is 1. The fourth-order valence-electron chi connectivity index (χ4n) is 1.53. The van der Waals surface area contributed by atoms with Gasteiger partial charge in [-0.1, -0.05) is 6.07 Å². The molecule has 0 heterocycles. The first kappa shape index (κ1) is 12.6. The molecule has 0 aliphatic carbocycles. The Bertz CT molecular complexity index is 660. The molecule has 1 amide bonds. The highest BCUT2D eigenvalue weighted by Gasteiger charge is 2.14. The molecule has 0 radical (unpaired) electrons. The van der Waals surface area contributed by atoms with Crippen molar-refractivity contribution in [2.24, 2.45) is 0 Å². The molecule has 0 atom stereocenters. The standard InChI is InChI=1S/C14H9FN2O2/c15-12-3-1-2-11(13(12)18)14(19)17-10-6-4-9(8-16)5-7-10/h1-7,18H,(H,17,19). The number of nitrogens with one attached hydrogen (secondary N) is 1. The van der Waals surface area contributed by atoms with E-state index >= 15 is 0 Å². The topological polar surface area (TPSA) is 73.1 Å². The van der Waals surface area contributed by atoms with Gasteiger partial charge in [-0.2, -0.15) is 5.26 Å². The highest BCUT2D eigenvalue weighted by Crippen LogP contribution is 2.21. The van der Waals surface area contributed by atoms with Gasteiger partial charge in [0.15, 0.2) is 11.6 Å². The third kappa shape index (κ3) is 2.69. The van der Waals surface area contributed by atoms with Crippen LogP contribution in [-0.4, -0.2) is 11.0 Å². The Balaban J connectivity index is 2.21. The van der Waals surface area contributed by atoms with Crippen LogP contribution in [0.3, 0.4) is 0 Å². The number of amides is 1. The van der Waals surface area contributed by atoms with E-state index in [4.69, 9.17) is 5.26 Å². The predicted molar refractivity (Wildman–Crippen MR) is 67.2 cm³/mol. The number of rotatable bonds is 2. The Labute approximate surface area is 108 Å². The molecular formula is C14H9FN2O2. The molecule has 0 unspecified atom stereocenters. The van der Waals surface area contributed by atoms with Crippen molar-refractivity contribution >= 4 is 11.6 Å². The molecule has 4 nitrogen and oxygen atoms in total. The summed E-state index contributed by atoms with van der Waals surface area (Å²) in [5, 5.41) is 20.6. The molecule has 0 saturated carbocycles. The van der Waals surface area contributed by atoms with Gasteiger partial charge < -0.3 is 10.4 Å². The van der Waals surface area contributed by atoms with Crippen molar-refractivity contribution in [2.75, 3.05) is 5.32 Å². The van der Waals surface area contributed by atoms with Crippen molar-refractivity contribution in [1.29, 1.82) is 5.26 Å². The van der Waals surface area contributed by atoms with Crippen LogP contribution in [0.1, 0.15) is 15.9 Å². The number of halogens is 1. The van der Waals surface area contributed by atoms with Crippen LogP contribution in [-0.2, 0) is 0 Å². The van der Waals surface area contributed by atoms with Crippen LogP contribution in [0.25, 0.3) is 0 Å². The van der Waals surface area contributed by atoms with Crippen LogP contribution in [0.15, 0.2) is 42.5 Å². The summed E-state index contributed by atoms with van der Waals surface area (Å²) in [5.41, 5.74) is 0.767. The summed E-state index contributed by atoms with van der Waals surface area (Å²) >= 11 is 0. The van der Waals surface area contributed by atoms with Crippen molar-refractivity contribution in [3.8, 4) is 11.8 Å². The van der Waals surface area contributed by atoms with Gasteiger partial charge in [-0.25, -0.2) is 4.39 Å². The monoisotopic (exact) mass is 256 g/mol. The molecule has 2 aromatic rings. The fourth-order valence-corrected chi connectivity index (χ4v) is 1.53. The molecule has 2 aromatic carbocycles. The van der Waals surface area contributed by atoms with Crippen molar-refractivity contribution in [3.05, 3.63) is 59.4 Å². The number of carbonyl (C=O) groups is 1. The van der Waals surface area contributed by atoms with Gasteiger partial charge in [-0.3, -0.25) is 4.79 Å². The molecule has 94 valence electrons. The average Bonchev–Trinajstić information content (AvgIpc) is 2.42. The maximum absolute atomic E-state index is 13.1. The zero-order valence-electron chi connectivity index (χ0n) is 9.72. The van der Waals surface area contributed by atoms with Crippen LogP contribution in [0.5, 0.6) is 5.75 Å². The second-order valence-corrected chi connectivity index (χ2v) is 3.78. The number of hydrogen-bond donors (Lipinski definition) is 2. The van der Waals surface area contributed by atoms with E-state index in [0.29, 0.717) is 11.3 Å². The summed E-state index contributed by atoms with van der Waals surface area (Å²) < 4.78 is 13.1. The fraction of sp³-hybridized carbons (Fsp3) is 0. The second kappa shape index (κ2) is 5.19. The predicted octanol–water partition coefficient (Wildman–Crippen LogP) is 2.66. The molecule has 0 saturated heterocycles. The smallest absolute Gasteiger partial charge is 0.259 e. The largest absolute Gasteiger partial charge is 0.504 e. The molecule has 0 aliphatic heterocycles. The number of nitriles is 1. The lowest BCUT2D eigenvalue weighted by atomic mass is 10.1. The number of phenols is 1. The summed E-state index contributed by atoms with van der Waals surface area (Å²) in [4.78, 5) is 11.8. The Morgan fingerprint density at radius 1 is 1.21 bits per heavy atom. The zero-order valence-corrected chi connectivity index (χ0v) is 9.72. The minimum Gasteiger partial charge on any atom is -0.504 e. The van der Waals surface area contributed by atoms with E-state index in [0.717, 1.165) is 6.07 Å². The van der Waals surface area contributed by atoms with E-state index in [1.54, 1.807) is 24.3 Å². The lowest BCUT2D eigenvalue weighted by molar-refractivity contribution is 0.102. The third-order valence-electron chi connectivity index (χ3n) is 2.50. The van der Waals surface area contributed by atoms with E-state index < -0.39 is 17.5 Å². The van der Waals surface area contributed by atoms with E-state index in [1.807, 2.05) is 6.07 Å². The number of carbonyl (C=O) groups excluding carboxylic acids is 1. The molecule has 5 heteroatoms. The number of hydrogen-bond acceptors (Lipinski definition) is 3. The molecule has 2 rings (SSSR count). The molecule has 19 heavy (non-hydrogen) atoms. The van der Waals surface area contributed by atoms with Crippen LogP contribution in [0, 0.1) is 17.1 Å². The summed E-state index contributed by atoms with van der Waals surface area (Å²) in [5.74, 6) is -2.16. The van der Waals surface area contributed by atoms with Crippen molar-refractivity contribution in [2.45, 2.75) is 0 Å². The molecule has 0 aliphatic rings. The quantitative estimate of drug-likeness (QED) is 0.867. The SMILES string of the molecule is N#Cc1ccc(NC(=O)c2cccc(F)c2O)cc1. The maximum Gasteiger partial charge on any atom is 0.259 e. The first-order valence-electron chi connectivity index (χ1n) is 5.41. The third-order valence-corrected chi connectivity index (χ3v) is 2.50. The number of phenolic OH excluding ortho intramolecular Hbond substituents is 1. The summed E-state index contributed by atoms with van der Waals surface area (Å²) in [6.45, 7) is 0. The van der Waals surface area contributed by atoms with Gasteiger partial charge in [0, 0.05) is 5.69 Å². The highest BCUT2D eigenvalue weighted by atomic mass is 19.1. The van der Waals surface area contributed by atoms with Crippen LogP contribution in [0.2, 0.25) is 0 Å². The highest BCUT2D eigenvalue weighted by molar-refractivity contribution is 6.06. The van der Waals surface area contributed by atoms with Crippen molar-refractivity contribution in [3.63, 3.8) is 0 Å². The molecule has 0 bridgehead atoms. The number of nitrogens with zero attached hydrogens (tertiary/aromatic N) is 1. The van der Waals surface area contributed by atoms with Crippen molar-refractivity contribution < 1.29 is 14.3 Å². The Hall–Kier alpha value is -2.87. The lowest BCUT2D eigenvalue weighted by Gasteiger charge is -2.07. The molecule has 0 spiro atoms. The lowest BCUT2D eigenvalue weighted by Crippen LogP contribution is -2.12. The Kier molecular flexibility index (Phi) is 3.44. The minimum absolute atomic E-state index is 0.149. The van der Waals surface area contributed by atoms with E-state index in [9.17, 15) is 14.3 Å². The Morgan fingerprint density at radius 3 is 2.53 bits per heavy atom. The average molecular weight is 256 g/mol. The maximum atomic E-state index is 13.1. The minimum atomic E-state index is -0.854. The molecule has 0 aromatic heterocycles. The first-order chi connectivity index (χ1) is 9.11. The normalized spacial score (nSPS) is 9.68. The van der Waals surface area contributed by atoms with Gasteiger partial charge in [-0.15, -0.1) is 0 Å². The molecular weight excluding hydrogens is 247 g/mol. The van der Waals surface area contributed by atoms with Gasteiger partial charge in [0.2, 0.25) is 0 Å². The van der Waals surface area contributed by atoms with Gasteiger partial charge >= 0.3 is 0 Å². The van der Waals surface area contributed by atoms with E-state index in [-0.39, 0.29) is 5.56 Å². The zero-order chi connectivity index (χ0) is 13.8. The van der Waals surface area contributed by atoms with Crippen molar-refractivity contribution in [1.82, 2.24) is 0 Å². The summed E-state index contributed by atoms with van der Waals surface area (Å²) in [7, 11) is 0. The van der Waals surface area contributed by atoms with Gasteiger partial charge in [0.05, 0.1) is 17.2 Å². The van der Waals surface area contributed by atoms with Crippen LogP contribution < -0.4 is 5.32 Å². The number of aromatic hydroxyl groups is 1. The first-order valence-corrected chi connectivity index (χ1v) is 5.41.